The SMILES string of the molecule is Cc1ccc(CNC(=O)c2cnc3c(C)cccn3c2=O)cc1. The maximum Gasteiger partial charge on any atom is 0.270 e. The maximum atomic E-state index is 12.4. The fraction of sp³-hybridized carbons (Fsp3) is 0.167. The predicted octanol–water partition coefficient (Wildman–Crippen LogP) is 2.24. The van der Waals surface area contributed by atoms with Crippen molar-refractivity contribution in [2.75, 3.05) is 0 Å². The molecule has 1 N–H and O–H groups in total. The summed E-state index contributed by atoms with van der Waals surface area (Å²) >= 11 is 0. The van der Waals surface area contributed by atoms with E-state index in [-0.39, 0.29) is 11.1 Å². The van der Waals surface area contributed by atoms with Gasteiger partial charge in [-0.25, -0.2) is 4.98 Å². The Balaban J connectivity index is 1.85. The number of hydrogen-bond acceptors (Lipinski definition) is 3. The normalized spacial score (nSPS) is 10.7. The minimum Gasteiger partial charge on any atom is -0.348 e. The Morgan fingerprint density at radius 3 is 2.65 bits per heavy atom. The van der Waals surface area contributed by atoms with Crippen molar-refractivity contribution in [3.63, 3.8) is 0 Å². The monoisotopic (exact) mass is 307 g/mol. The molecule has 0 atom stereocenters. The van der Waals surface area contributed by atoms with E-state index in [0.717, 1.165) is 16.7 Å². The highest BCUT2D eigenvalue weighted by Crippen LogP contribution is 2.06. The molecule has 1 amide bonds. The van der Waals surface area contributed by atoms with Crippen LogP contribution in [0.3, 0.4) is 0 Å². The summed E-state index contributed by atoms with van der Waals surface area (Å²) in [5, 5.41) is 2.76. The number of carbonyl (C=O) groups excluding carboxylic acids is 1. The third-order valence-corrected chi connectivity index (χ3v) is 3.75. The molecule has 3 aromatic rings. The first-order chi connectivity index (χ1) is 11.1. The lowest BCUT2D eigenvalue weighted by atomic mass is 10.1. The van der Waals surface area contributed by atoms with Gasteiger partial charge < -0.3 is 5.32 Å². The van der Waals surface area contributed by atoms with Crippen molar-refractivity contribution in [1.29, 1.82) is 0 Å². The molecule has 0 radical (unpaired) electrons. The van der Waals surface area contributed by atoms with E-state index in [9.17, 15) is 9.59 Å². The molecule has 0 fully saturated rings. The number of aromatic nitrogens is 2. The van der Waals surface area contributed by atoms with Crippen molar-refractivity contribution in [2.24, 2.45) is 0 Å². The molecule has 0 saturated heterocycles. The van der Waals surface area contributed by atoms with E-state index in [2.05, 4.69) is 10.3 Å². The zero-order valence-electron chi connectivity index (χ0n) is 13.0. The van der Waals surface area contributed by atoms with E-state index in [4.69, 9.17) is 0 Å². The van der Waals surface area contributed by atoms with Crippen LogP contribution in [0.1, 0.15) is 27.0 Å². The molecule has 0 bridgehead atoms. The zero-order chi connectivity index (χ0) is 16.4. The van der Waals surface area contributed by atoms with Gasteiger partial charge in [0, 0.05) is 18.9 Å². The van der Waals surface area contributed by atoms with Crippen molar-refractivity contribution in [3.05, 3.63) is 81.4 Å². The van der Waals surface area contributed by atoms with E-state index >= 15 is 0 Å². The second-order valence-electron chi connectivity index (χ2n) is 5.53. The van der Waals surface area contributed by atoms with Crippen LogP contribution in [-0.2, 0) is 6.54 Å². The summed E-state index contributed by atoms with van der Waals surface area (Å²) in [7, 11) is 0. The second-order valence-corrected chi connectivity index (χ2v) is 5.53. The molecular formula is C18H17N3O2. The lowest BCUT2D eigenvalue weighted by Crippen LogP contribution is -2.31. The number of benzene rings is 1. The second kappa shape index (κ2) is 6.04. The number of carbonyl (C=O) groups is 1. The van der Waals surface area contributed by atoms with Gasteiger partial charge in [-0.3, -0.25) is 14.0 Å². The average Bonchev–Trinajstić information content (AvgIpc) is 2.55. The summed E-state index contributed by atoms with van der Waals surface area (Å²) in [4.78, 5) is 28.9. The molecule has 0 unspecified atom stereocenters. The molecule has 116 valence electrons. The van der Waals surface area contributed by atoms with E-state index in [1.807, 2.05) is 44.2 Å². The number of nitrogens with zero attached hydrogens (tertiary/aromatic N) is 2. The molecule has 1 aromatic carbocycles. The van der Waals surface area contributed by atoms with Crippen LogP contribution in [0.5, 0.6) is 0 Å². The third-order valence-electron chi connectivity index (χ3n) is 3.75. The minimum absolute atomic E-state index is 0.0419. The van der Waals surface area contributed by atoms with Gasteiger partial charge >= 0.3 is 0 Å². The summed E-state index contributed by atoms with van der Waals surface area (Å²) in [5.74, 6) is -0.418. The highest BCUT2D eigenvalue weighted by Gasteiger charge is 2.13. The molecule has 3 rings (SSSR count). The molecule has 0 aliphatic rings. The van der Waals surface area contributed by atoms with E-state index in [1.54, 1.807) is 12.3 Å². The third kappa shape index (κ3) is 2.99. The molecule has 2 heterocycles. The smallest absolute Gasteiger partial charge is 0.270 e. The number of rotatable bonds is 3. The predicted molar refractivity (Wildman–Crippen MR) is 88.5 cm³/mol. The van der Waals surface area contributed by atoms with Gasteiger partial charge in [0.1, 0.15) is 11.2 Å². The standard InChI is InChI=1S/C18H17N3O2/c1-12-5-7-14(8-6-12)10-20-17(22)15-11-19-16-13(2)4-3-9-21(16)18(15)23/h3-9,11H,10H2,1-2H3,(H,20,22). The van der Waals surface area contributed by atoms with Crippen molar-refractivity contribution in [1.82, 2.24) is 14.7 Å². The zero-order valence-corrected chi connectivity index (χ0v) is 13.0. The number of fused-ring (bicyclic) bond motifs is 1. The molecule has 5 heteroatoms. The summed E-state index contributed by atoms with van der Waals surface area (Å²) in [6, 6.07) is 11.5. The van der Waals surface area contributed by atoms with Crippen LogP contribution in [0.4, 0.5) is 0 Å². The van der Waals surface area contributed by atoms with E-state index in [1.165, 1.54) is 10.6 Å². The van der Waals surface area contributed by atoms with Crippen molar-refractivity contribution in [2.45, 2.75) is 20.4 Å². The first-order valence-corrected chi connectivity index (χ1v) is 7.37. The highest BCUT2D eigenvalue weighted by molar-refractivity contribution is 5.93. The highest BCUT2D eigenvalue weighted by atomic mass is 16.2. The average molecular weight is 307 g/mol. The van der Waals surface area contributed by atoms with Crippen LogP contribution in [0, 0.1) is 13.8 Å². The lowest BCUT2D eigenvalue weighted by molar-refractivity contribution is 0.0949. The Kier molecular flexibility index (Phi) is 3.93. The van der Waals surface area contributed by atoms with Crippen LogP contribution in [-0.4, -0.2) is 15.3 Å². The summed E-state index contributed by atoms with van der Waals surface area (Å²) in [6.45, 7) is 4.25. The Morgan fingerprint density at radius 2 is 1.91 bits per heavy atom. The molecule has 0 aliphatic carbocycles. The van der Waals surface area contributed by atoms with Gasteiger partial charge in [0.05, 0.1) is 0 Å². The quantitative estimate of drug-likeness (QED) is 0.807. The topological polar surface area (TPSA) is 63.5 Å². The van der Waals surface area contributed by atoms with Crippen molar-refractivity contribution >= 4 is 11.6 Å². The first kappa shape index (κ1) is 15.0. The Morgan fingerprint density at radius 1 is 1.17 bits per heavy atom. The minimum atomic E-state index is -0.418. The van der Waals surface area contributed by atoms with Gasteiger partial charge in [-0.15, -0.1) is 0 Å². The van der Waals surface area contributed by atoms with Gasteiger partial charge in [-0.05, 0) is 31.0 Å². The Bertz CT molecular complexity index is 927. The van der Waals surface area contributed by atoms with Crippen LogP contribution in [0.15, 0.2) is 53.6 Å². The lowest BCUT2D eigenvalue weighted by Gasteiger charge is -2.07. The van der Waals surface area contributed by atoms with Gasteiger partial charge in [0.15, 0.2) is 0 Å². The maximum absolute atomic E-state index is 12.4. The van der Waals surface area contributed by atoms with Crippen LogP contribution >= 0.6 is 0 Å². The molecule has 23 heavy (non-hydrogen) atoms. The van der Waals surface area contributed by atoms with Crippen LogP contribution in [0.25, 0.3) is 5.65 Å². The number of aryl methyl sites for hydroxylation is 2. The van der Waals surface area contributed by atoms with Gasteiger partial charge in [0.2, 0.25) is 0 Å². The Labute approximate surface area is 133 Å². The number of nitrogens with one attached hydrogen (secondary N) is 1. The summed E-state index contributed by atoms with van der Waals surface area (Å²) in [5.41, 5.74) is 3.27. The molecular weight excluding hydrogens is 290 g/mol. The number of pyridine rings is 1. The molecule has 0 saturated carbocycles. The summed E-state index contributed by atoms with van der Waals surface area (Å²) < 4.78 is 1.40. The number of amides is 1. The van der Waals surface area contributed by atoms with Gasteiger partial charge in [-0.1, -0.05) is 35.9 Å². The Hall–Kier alpha value is -2.95. The van der Waals surface area contributed by atoms with Gasteiger partial charge in [0.25, 0.3) is 11.5 Å². The van der Waals surface area contributed by atoms with E-state index in [0.29, 0.717) is 12.2 Å². The number of hydrogen-bond donors (Lipinski definition) is 1. The molecule has 0 aliphatic heterocycles. The molecule has 5 nitrogen and oxygen atoms in total. The molecule has 2 aromatic heterocycles. The first-order valence-electron chi connectivity index (χ1n) is 7.37. The van der Waals surface area contributed by atoms with Crippen LogP contribution < -0.4 is 10.9 Å². The summed E-state index contributed by atoms with van der Waals surface area (Å²) in [6.07, 6.45) is 2.96. The fourth-order valence-electron chi connectivity index (χ4n) is 2.39. The molecule has 0 spiro atoms. The van der Waals surface area contributed by atoms with Crippen LogP contribution in [0.2, 0.25) is 0 Å². The van der Waals surface area contributed by atoms with Gasteiger partial charge in [-0.2, -0.15) is 0 Å². The fourth-order valence-corrected chi connectivity index (χ4v) is 2.39. The van der Waals surface area contributed by atoms with E-state index < -0.39 is 5.91 Å². The van der Waals surface area contributed by atoms with Crippen molar-refractivity contribution < 1.29 is 4.79 Å². The van der Waals surface area contributed by atoms with Crippen molar-refractivity contribution in [3.8, 4) is 0 Å². The largest absolute Gasteiger partial charge is 0.348 e.